The monoisotopic (exact) mass is 301 g/mol. The lowest BCUT2D eigenvalue weighted by Gasteiger charge is -2.15. The fourth-order valence-electron chi connectivity index (χ4n) is 2.80. The third kappa shape index (κ3) is 2.74. The highest BCUT2D eigenvalue weighted by Gasteiger charge is 2.24. The lowest BCUT2D eigenvalue weighted by atomic mass is 10.1. The second kappa shape index (κ2) is 5.78. The van der Waals surface area contributed by atoms with Crippen molar-refractivity contribution in [1.82, 2.24) is 5.32 Å². The molecule has 0 spiro atoms. The highest BCUT2D eigenvalue weighted by Crippen LogP contribution is 2.31. The summed E-state index contributed by atoms with van der Waals surface area (Å²) in [6.07, 6.45) is 1.92. The summed E-state index contributed by atoms with van der Waals surface area (Å²) in [4.78, 5) is 12.5. The van der Waals surface area contributed by atoms with Crippen molar-refractivity contribution >= 4 is 17.5 Å². The van der Waals surface area contributed by atoms with E-state index in [-0.39, 0.29) is 11.9 Å². The Balaban J connectivity index is 1.83. The second-order valence-electron chi connectivity index (χ2n) is 5.11. The molecular formula is C17H16ClNO2. The van der Waals surface area contributed by atoms with E-state index in [9.17, 15) is 4.79 Å². The van der Waals surface area contributed by atoms with Crippen molar-refractivity contribution in [2.24, 2.45) is 0 Å². The van der Waals surface area contributed by atoms with Crippen molar-refractivity contribution in [2.75, 3.05) is 7.11 Å². The largest absolute Gasteiger partial charge is 0.496 e. The molecule has 0 heterocycles. The van der Waals surface area contributed by atoms with Crippen molar-refractivity contribution in [3.8, 4) is 5.75 Å². The zero-order chi connectivity index (χ0) is 14.8. The molecule has 1 N–H and O–H groups in total. The number of hydrogen-bond donors (Lipinski definition) is 1. The average Bonchev–Trinajstić information content (AvgIpc) is 2.90. The maximum Gasteiger partial charge on any atom is 0.255 e. The first-order chi connectivity index (χ1) is 10.2. The van der Waals surface area contributed by atoms with E-state index in [1.807, 2.05) is 12.1 Å². The number of ether oxygens (including phenoxy) is 1. The smallest absolute Gasteiger partial charge is 0.255 e. The van der Waals surface area contributed by atoms with Gasteiger partial charge >= 0.3 is 0 Å². The molecular weight excluding hydrogens is 286 g/mol. The third-order valence-electron chi connectivity index (χ3n) is 3.84. The van der Waals surface area contributed by atoms with Crippen LogP contribution in [0.15, 0.2) is 42.5 Å². The van der Waals surface area contributed by atoms with Gasteiger partial charge in [0.05, 0.1) is 18.7 Å². The summed E-state index contributed by atoms with van der Waals surface area (Å²) in [5, 5.41) is 3.60. The zero-order valence-corrected chi connectivity index (χ0v) is 12.5. The summed E-state index contributed by atoms with van der Waals surface area (Å²) in [6, 6.07) is 13.3. The van der Waals surface area contributed by atoms with Crippen LogP contribution in [0.2, 0.25) is 5.02 Å². The number of hydrogen-bond acceptors (Lipinski definition) is 2. The minimum Gasteiger partial charge on any atom is -0.496 e. The van der Waals surface area contributed by atoms with Gasteiger partial charge in [0.2, 0.25) is 0 Å². The van der Waals surface area contributed by atoms with Gasteiger partial charge in [-0.3, -0.25) is 4.79 Å². The highest BCUT2D eigenvalue weighted by molar-refractivity contribution is 6.31. The maximum absolute atomic E-state index is 12.5. The molecule has 21 heavy (non-hydrogen) atoms. The lowest BCUT2D eigenvalue weighted by Crippen LogP contribution is -2.27. The highest BCUT2D eigenvalue weighted by atomic mass is 35.5. The van der Waals surface area contributed by atoms with Crippen LogP contribution in [0.3, 0.4) is 0 Å². The van der Waals surface area contributed by atoms with Crippen LogP contribution in [-0.4, -0.2) is 13.0 Å². The van der Waals surface area contributed by atoms with Crippen LogP contribution in [0, 0.1) is 0 Å². The van der Waals surface area contributed by atoms with Gasteiger partial charge in [-0.05, 0) is 42.2 Å². The van der Waals surface area contributed by atoms with Crippen molar-refractivity contribution in [3.63, 3.8) is 0 Å². The van der Waals surface area contributed by atoms with Gasteiger partial charge < -0.3 is 10.1 Å². The number of halogens is 1. The Hall–Kier alpha value is -2.00. The quantitative estimate of drug-likeness (QED) is 0.937. The number of carbonyl (C=O) groups excluding carboxylic acids is 1. The van der Waals surface area contributed by atoms with E-state index in [4.69, 9.17) is 16.3 Å². The van der Waals surface area contributed by atoms with E-state index in [1.54, 1.807) is 25.3 Å². The Morgan fingerprint density at radius 2 is 2.10 bits per heavy atom. The number of methoxy groups -OCH3 is 1. The van der Waals surface area contributed by atoms with Crippen molar-refractivity contribution < 1.29 is 9.53 Å². The fraction of sp³-hybridized carbons (Fsp3) is 0.235. The Morgan fingerprint density at radius 1 is 1.29 bits per heavy atom. The van der Waals surface area contributed by atoms with Crippen LogP contribution in [-0.2, 0) is 6.42 Å². The van der Waals surface area contributed by atoms with Crippen LogP contribution in [0.4, 0.5) is 0 Å². The summed E-state index contributed by atoms with van der Waals surface area (Å²) in [6.45, 7) is 0. The standard InChI is InChI=1S/C17H16ClNO2/c1-21-16-9-7-12(18)10-14(16)17(20)19-15-8-6-11-4-2-3-5-13(11)15/h2-5,7,9-10,15H,6,8H2,1H3,(H,19,20)/t15-/m1/s1. The van der Waals surface area contributed by atoms with E-state index in [1.165, 1.54) is 11.1 Å². The Kier molecular flexibility index (Phi) is 3.84. The molecule has 2 aromatic carbocycles. The van der Waals surface area contributed by atoms with Gasteiger partial charge in [-0.2, -0.15) is 0 Å². The molecule has 0 radical (unpaired) electrons. The van der Waals surface area contributed by atoms with Crippen molar-refractivity contribution in [3.05, 3.63) is 64.2 Å². The maximum atomic E-state index is 12.5. The molecule has 3 rings (SSSR count). The second-order valence-corrected chi connectivity index (χ2v) is 5.54. The average molecular weight is 302 g/mol. The number of aryl methyl sites for hydroxylation is 1. The summed E-state index contributed by atoms with van der Waals surface area (Å²) in [7, 11) is 1.55. The molecule has 0 saturated carbocycles. The van der Waals surface area contributed by atoms with E-state index in [0.717, 1.165) is 12.8 Å². The molecule has 4 heteroatoms. The summed E-state index contributed by atoms with van der Waals surface area (Å²) >= 11 is 5.98. The van der Waals surface area contributed by atoms with E-state index < -0.39 is 0 Å². The summed E-state index contributed by atoms with van der Waals surface area (Å²) < 4.78 is 5.24. The first-order valence-electron chi connectivity index (χ1n) is 6.91. The molecule has 0 unspecified atom stereocenters. The van der Waals surface area contributed by atoms with Gasteiger partial charge in [-0.15, -0.1) is 0 Å². The van der Waals surface area contributed by atoms with Crippen LogP contribution in [0.25, 0.3) is 0 Å². The van der Waals surface area contributed by atoms with Crippen LogP contribution >= 0.6 is 11.6 Å². The van der Waals surface area contributed by atoms with Gasteiger partial charge in [0.15, 0.2) is 0 Å². The number of rotatable bonds is 3. The predicted octanol–water partition coefficient (Wildman–Crippen LogP) is 3.77. The van der Waals surface area contributed by atoms with E-state index in [0.29, 0.717) is 16.3 Å². The van der Waals surface area contributed by atoms with E-state index in [2.05, 4.69) is 17.4 Å². The van der Waals surface area contributed by atoms with Gasteiger partial charge in [0, 0.05) is 5.02 Å². The molecule has 0 bridgehead atoms. The van der Waals surface area contributed by atoms with E-state index >= 15 is 0 Å². The lowest BCUT2D eigenvalue weighted by molar-refractivity contribution is 0.0933. The molecule has 0 aromatic heterocycles. The summed E-state index contributed by atoms with van der Waals surface area (Å²) in [5.74, 6) is 0.374. The van der Waals surface area contributed by atoms with Crippen molar-refractivity contribution in [1.29, 1.82) is 0 Å². The first-order valence-corrected chi connectivity index (χ1v) is 7.29. The number of nitrogens with one attached hydrogen (secondary N) is 1. The molecule has 1 amide bonds. The molecule has 1 aliphatic carbocycles. The molecule has 0 aliphatic heterocycles. The number of amides is 1. The molecule has 0 fully saturated rings. The van der Waals surface area contributed by atoms with Crippen LogP contribution in [0.1, 0.15) is 33.9 Å². The van der Waals surface area contributed by atoms with Gasteiger partial charge in [-0.1, -0.05) is 35.9 Å². The normalized spacial score (nSPS) is 16.4. The molecule has 0 saturated heterocycles. The third-order valence-corrected chi connectivity index (χ3v) is 4.08. The Morgan fingerprint density at radius 3 is 2.90 bits per heavy atom. The topological polar surface area (TPSA) is 38.3 Å². The molecule has 2 aromatic rings. The van der Waals surface area contributed by atoms with Gasteiger partial charge in [0.25, 0.3) is 5.91 Å². The first kappa shape index (κ1) is 14.0. The number of benzene rings is 2. The van der Waals surface area contributed by atoms with Crippen molar-refractivity contribution in [2.45, 2.75) is 18.9 Å². The number of fused-ring (bicyclic) bond motifs is 1. The minimum absolute atomic E-state index is 0.0531. The molecule has 108 valence electrons. The zero-order valence-electron chi connectivity index (χ0n) is 11.7. The summed E-state index contributed by atoms with van der Waals surface area (Å²) in [5.41, 5.74) is 2.97. The number of carbonyl (C=O) groups is 1. The fourth-order valence-corrected chi connectivity index (χ4v) is 2.97. The molecule has 1 atom stereocenters. The van der Waals surface area contributed by atoms with Crippen LogP contribution in [0.5, 0.6) is 5.75 Å². The Bertz CT molecular complexity index is 684. The predicted molar refractivity (Wildman–Crippen MR) is 83.0 cm³/mol. The van der Waals surface area contributed by atoms with Gasteiger partial charge in [-0.25, -0.2) is 0 Å². The van der Waals surface area contributed by atoms with Crippen LogP contribution < -0.4 is 10.1 Å². The molecule has 3 nitrogen and oxygen atoms in total. The van der Waals surface area contributed by atoms with Gasteiger partial charge in [0.1, 0.15) is 5.75 Å². The Labute approximate surface area is 128 Å². The minimum atomic E-state index is -0.156. The SMILES string of the molecule is COc1ccc(Cl)cc1C(=O)N[C@@H]1CCc2ccccc21. The molecule has 1 aliphatic rings.